The fourth-order valence-corrected chi connectivity index (χ4v) is 4.09. The van der Waals surface area contributed by atoms with Gasteiger partial charge in [-0.25, -0.2) is 4.98 Å². The second kappa shape index (κ2) is 5.34. The highest BCUT2D eigenvalue weighted by Crippen LogP contribution is 2.37. The highest BCUT2D eigenvalue weighted by molar-refractivity contribution is 7.92. The third-order valence-corrected chi connectivity index (χ3v) is 5.57. The number of H-pyrrole nitrogens is 1. The molecule has 0 radical (unpaired) electrons. The number of aromatic amines is 1. The summed E-state index contributed by atoms with van der Waals surface area (Å²) in [7, 11) is -3.81. The molecule has 23 heavy (non-hydrogen) atoms. The molecular formula is C14H16N4O4S. The minimum absolute atomic E-state index is 0.000515. The van der Waals surface area contributed by atoms with Crippen molar-refractivity contribution in [3.8, 4) is 0 Å². The molecule has 0 saturated carbocycles. The van der Waals surface area contributed by atoms with Crippen molar-refractivity contribution in [3.05, 3.63) is 45.9 Å². The van der Waals surface area contributed by atoms with E-state index in [0.717, 1.165) is 0 Å². The van der Waals surface area contributed by atoms with E-state index >= 15 is 0 Å². The number of nitro groups is 1. The van der Waals surface area contributed by atoms with Crippen LogP contribution in [0.2, 0.25) is 0 Å². The summed E-state index contributed by atoms with van der Waals surface area (Å²) in [5.41, 5.74) is 0.761. The third-order valence-electron chi connectivity index (χ3n) is 3.84. The fourth-order valence-electron chi connectivity index (χ4n) is 2.67. The predicted octanol–water partition coefficient (Wildman–Crippen LogP) is 2.19. The zero-order valence-electron chi connectivity index (χ0n) is 12.7. The van der Waals surface area contributed by atoms with E-state index in [2.05, 4.69) is 9.97 Å². The summed E-state index contributed by atoms with van der Waals surface area (Å²) in [5.74, 6) is 0.660. The molecule has 0 unspecified atom stereocenters. The van der Waals surface area contributed by atoms with E-state index in [-0.39, 0.29) is 23.2 Å². The van der Waals surface area contributed by atoms with Crippen molar-refractivity contribution in [1.29, 1.82) is 0 Å². The molecule has 0 amide bonds. The summed E-state index contributed by atoms with van der Waals surface area (Å²) in [4.78, 5) is 17.5. The van der Waals surface area contributed by atoms with Gasteiger partial charge in [0.05, 0.1) is 22.4 Å². The Morgan fingerprint density at radius 2 is 2.13 bits per heavy atom. The molecule has 1 aliphatic heterocycles. The minimum Gasteiger partial charge on any atom is -0.331 e. The second-order valence-corrected chi connectivity index (χ2v) is 7.48. The molecule has 1 aromatic heterocycles. The van der Waals surface area contributed by atoms with Crippen molar-refractivity contribution in [1.82, 2.24) is 9.97 Å². The van der Waals surface area contributed by atoms with Crippen LogP contribution >= 0.6 is 0 Å². The number of imidazole rings is 1. The van der Waals surface area contributed by atoms with Gasteiger partial charge in [0.15, 0.2) is 5.03 Å². The van der Waals surface area contributed by atoms with E-state index in [1.54, 1.807) is 6.07 Å². The largest absolute Gasteiger partial charge is 0.331 e. The number of rotatable bonds is 4. The molecule has 2 heterocycles. The second-order valence-electron chi connectivity index (χ2n) is 5.65. The van der Waals surface area contributed by atoms with E-state index in [1.807, 2.05) is 13.8 Å². The Bertz CT molecular complexity index is 873. The van der Waals surface area contributed by atoms with Crippen molar-refractivity contribution in [2.75, 3.05) is 10.8 Å². The number of nitrogens with zero attached hydrogens (tertiary/aromatic N) is 3. The molecule has 0 saturated heterocycles. The topological polar surface area (TPSA) is 109 Å². The van der Waals surface area contributed by atoms with Gasteiger partial charge in [-0.2, -0.15) is 8.42 Å². The molecule has 0 atom stereocenters. The summed E-state index contributed by atoms with van der Waals surface area (Å²) in [5, 5.41) is 11.1. The molecule has 1 N–H and O–H groups in total. The highest BCUT2D eigenvalue weighted by Gasteiger charge is 2.35. The first kappa shape index (κ1) is 15.5. The molecule has 122 valence electrons. The summed E-state index contributed by atoms with van der Waals surface area (Å²) in [6.45, 7) is 3.99. The number of aromatic nitrogens is 2. The molecular weight excluding hydrogens is 320 g/mol. The maximum absolute atomic E-state index is 12.8. The Kier molecular flexibility index (Phi) is 3.59. The van der Waals surface area contributed by atoms with Crippen molar-refractivity contribution >= 4 is 21.4 Å². The van der Waals surface area contributed by atoms with E-state index in [9.17, 15) is 18.5 Å². The number of benzene rings is 1. The first-order valence-corrected chi connectivity index (χ1v) is 8.60. The average Bonchev–Trinajstić information content (AvgIpc) is 3.14. The van der Waals surface area contributed by atoms with E-state index in [0.29, 0.717) is 23.5 Å². The molecule has 8 nitrogen and oxygen atoms in total. The molecule has 0 aliphatic carbocycles. The van der Waals surface area contributed by atoms with Crippen LogP contribution in [0.15, 0.2) is 29.4 Å². The van der Waals surface area contributed by atoms with Crippen LogP contribution in [-0.4, -0.2) is 29.9 Å². The van der Waals surface area contributed by atoms with Crippen LogP contribution in [0.5, 0.6) is 0 Å². The van der Waals surface area contributed by atoms with Crippen molar-refractivity contribution in [3.63, 3.8) is 0 Å². The highest BCUT2D eigenvalue weighted by atomic mass is 32.2. The molecule has 9 heteroatoms. The smallest absolute Gasteiger partial charge is 0.281 e. The standard InChI is InChI=1S/C14H16N4O4S/c1-9(2)14-15-8-13(16-14)23(21,22)17-7-6-10-11(17)4-3-5-12(10)18(19)20/h3-5,8-9H,6-7H2,1-2H3,(H,15,16). The lowest BCUT2D eigenvalue weighted by molar-refractivity contribution is -0.385. The van der Waals surface area contributed by atoms with Gasteiger partial charge < -0.3 is 4.98 Å². The van der Waals surface area contributed by atoms with Gasteiger partial charge in [-0.15, -0.1) is 0 Å². The van der Waals surface area contributed by atoms with Crippen molar-refractivity contribution in [2.45, 2.75) is 31.2 Å². The number of nitrogens with one attached hydrogen (secondary N) is 1. The molecule has 1 aliphatic rings. The lowest BCUT2D eigenvalue weighted by Gasteiger charge is -2.18. The Morgan fingerprint density at radius 3 is 2.74 bits per heavy atom. The molecule has 2 aromatic rings. The van der Waals surface area contributed by atoms with Crippen LogP contribution in [-0.2, 0) is 16.4 Å². The summed E-state index contributed by atoms with van der Waals surface area (Å²) < 4.78 is 26.8. The Morgan fingerprint density at radius 1 is 1.39 bits per heavy atom. The quantitative estimate of drug-likeness (QED) is 0.680. The zero-order chi connectivity index (χ0) is 16.8. The van der Waals surface area contributed by atoms with Crippen LogP contribution in [0.3, 0.4) is 0 Å². The van der Waals surface area contributed by atoms with Crippen LogP contribution in [0.1, 0.15) is 31.2 Å². The monoisotopic (exact) mass is 336 g/mol. The van der Waals surface area contributed by atoms with Gasteiger partial charge in [-0.1, -0.05) is 19.9 Å². The Labute approximate surface area is 133 Å². The summed E-state index contributed by atoms with van der Waals surface area (Å²) in [6, 6.07) is 4.48. The van der Waals surface area contributed by atoms with E-state index in [1.165, 1.54) is 22.6 Å². The zero-order valence-corrected chi connectivity index (χ0v) is 13.5. The van der Waals surface area contributed by atoms with Gasteiger partial charge >= 0.3 is 0 Å². The SMILES string of the molecule is CC(C)c1ncc(S(=O)(=O)N2CCc3c2cccc3[N+](=O)[O-])[nH]1. The lowest BCUT2D eigenvalue weighted by Crippen LogP contribution is -2.29. The van der Waals surface area contributed by atoms with Gasteiger partial charge in [0.2, 0.25) is 0 Å². The average molecular weight is 336 g/mol. The normalized spacial score (nSPS) is 14.3. The Balaban J connectivity index is 2.04. The van der Waals surface area contributed by atoms with E-state index < -0.39 is 14.9 Å². The maximum atomic E-state index is 12.8. The number of nitro benzene ring substituents is 1. The molecule has 0 bridgehead atoms. The number of anilines is 1. The number of fused-ring (bicyclic) bond motifs is 1. The number of sulfonamides is 1. The molecule has 0 fully saturated rings. The summed E-state index contributed by atoms with van der Waals surface area (Å²) in [6.07, 6.45) is 1.61. The predicted molar refractivity (Wildman–Crippen MR) is 84.0 cm³/mol. The third kappa shape index (κ3) is 2.46. The lowest BCUT2D eigenvalue weighted by atomic mass is 10.1. The Hall–Kier alpha value is -2.42. The van der Waals surface area contributed by atoms with Gasteiger partial charge in [-0.05, 0) is 12.5 Å². The van der Waals surface area contributed by atoms with Crippen LogP contribution in [0, 0.1) is 10.1 Å². The maximum Gasteiger partial charge on any atom is 0.281 e. The van der Waals surface area contributed by atoms with Gasteiger partial charge in [0, 0.05) is 18.5 Å². The minimum atomic E-state index is -3.81. The van der Waals surface area contributed by atoms with Gasteiger partial charge in [-0.3, -0.25) is 14.4 Å². The number of hydrogen-bond donors (Lipinski definition) is 1. The first-order chi connectivity index (χ1) is 10.8. The van der Waals surface area contributed by atoms with Crippen molar-refractivity contribution in [2.24, 2.45) is 0 Å². The summed E-state index contributed by atoms with van der Waals surface area (Å²) >= 11 is 0. The molecule has 3 rings (SSSR count). The van der Waals surface area contributed by atoms with Crippen molar-refractivity contribution < 1.29 is 13.3 Å². The van der Waals surface area contributed by atoms with Crippen LogP contribution in [0.25, 0.3) is 0 Å². The van der Waals surface area contributed by atoms with Gasteiger partial charge in [0.25, 0.3) is 15.7 Å². The fraction of sp³-hybridized carbons (Fsp3) is 0.357. The first-order valence-electron chi connectivity index (χ1n) is 7.16. The van der Waals surface area contributed by atoms with E-state index in [4.69, 9.17) is 0 Å². The van der Waals surface area contributed by atoms with Crippen LogP contribution in [0.4, 0.5) is 11.4 Å². The molecule has 0 spiro atoms. The molecule has 1 aromatic carbocycles. The number of hydrogen-bond acceptors (Lipinski definition) is 5. The van der Waals surface area contributed by atoms with Gasteiger partial charge in [0.1, 0.15) is 5.82 Å². The van der Waals surface area contributed by atoms with Crippen LogP contribution < -0.4 is 4.31 Å².